The first-order valence-corrected chi connectivity index (χ1v) is 8.85. The van der Waals surface area contributed by atoms with Gasteiger partial charge in [-0.3, -0.25) is 0 Å². The Morgan fingerprint density at radius 1 is 1.14 bits per heavy atom. The number of nitrogens with zero attached hydrogens (tertiary/aromatic N) is 2. The molecule has 0 fully saturated rings. The van der Waals surface area contributed by atoms with E-state index in [0.29, 0.717) is 24.4 Å². The molecule has 1 aliphatic rings. The fraction of sp³-hybridized carbons (Fsp3) is 0.438. The number of aromatic nitrogens is 2. The van der Waals surface area contributed by atoms with Crippen LogP contribution in [0.2, 0.25) is 0 Å². The Bertz CT molecular complexity index is 811. The minimum absolute atomic E-state index is 0.365. The molecule has 2 heterocycles. The van der Waals surface area contributed by atoms with Crippen LogP contribution in [0.5, 0.6) is 0 Å². The van der Waals surface area contributed by atoms with E-state index in [1.807, 2.05) is 33.8 Å². The van der Waals surface area contributed by atoms with Gasteiger partial charge in [-0.15, -0.1) is 0 Å². The summed E-state index contributed by atoms with van der Waals surface area (Å²) in [7, 11) is -3.50. The molecule has 1 aromatic heterocycles. The molecule has 118 valence electrons. The van der Waals surface area contributed by atoms with Crippen LogP contribution in [-0.4, -0.2) is 29.2 Å². The second kappa shape index (κ2) is 5.21. The topological polar surface area (TPSA) is 66.1 Å². The molecule has 1 aliphatic heterocycles. The average Bonchev–Trinajstić information content (AvgIpc) is 2.92. The Labute approximate surface area is 131 Å². The maximum Gasteiger partial charge on any atom is 0.243 e. The molecule has 3 rings (SSSR count). The van der Waals surface area contributed by atoms with Gasteiger partial charge in [0, 0.05) is 13.0 Å². The van der Waals surface area contributed by atoms with Crippen LogP contribution in [0.15, 0.2) is 17.3 Å². The second-order valence-corrected chi connectivity index (χ2v) is 7.88. The summed E-state index contributed by atoms with van der Waals surface area (Å²) in [4.78, 5) is 7.74. The van der Waals surface area contributed by atoms with Crippen LogP contribution in [0.4, 0.5) is 0 Å². The van der Waals surface area contributed by atoms with E-state index in [4.69, 9.17) is 0 Å². The van der Waals surface area contributed by atoms with Crippen molar-refractivity contribution in [3.63, 3.8) is 0 Å². The van der Waals surface area contributed by atoms with Gasteiger partial charge in [0.1, 0.15) is 0 Å². The van der Waals surface area contributed by atoms with Crippen molar-refractivity contribution < 1.29 is 8.42 Å². The smallest absolute Gasteiger partial charge is 0.243 e. The number of fused-ring (bicyclic) bond motifs is 1. The summed E-state index contributed by atoms with van der Waals surface area (Å²) in [6.45, 7) is 8.55. The van der Waals surface area contributed by atoms with E-state index in [1.54, 1.807) is 10.6 Å². The minimum atomic E-state index is -3.50. The van der Waals surface area contributed by atoms with Crippen LogP contribution in [-0.2, 0) is 23.0 Å². The summed E-state index contributed by atoms with van der Waals surface area (Å²) in [6.07, 6.45) is 2.29. The molecule has 22 heavy (non-hydrogen) atoms. The van der Waals surface area contributed by atoms with Crippen LogP contribution in [0, 0.1) is 27.7 Å². The van der Waals surface area contributed by atoms with Crippen LogP contribution >= 0.6 is 0 Å². The first kappa shape index (κ1) is 15.2. The Kier molecular flexibility index (Phi) is 3.61. The van der Waals surface area contributed by atoms with Crippen molar-refractivity contribution in [2.45, 2.75) is 45.6 Å². The normalized spacial score (nSPS) is 15.8. The highest BCUT2D eigenvalue weighted by Gasteiger charge is 2.32. The highest BCUT2D eigenvalue weighted by atomic mass is 32.2. The first-order valence-electron chi connectivity index (χ1n) is 7.41. The molecule has 2 aromatic rings. The summed E-state index contributed by atoms with van der Waals surface area (Å²) < 4.78 is 27.9. The van der Waals surface area contributed by atoms with Crippen LogP contribution in [0.3, 0.4) is 0 Å². The number of sulfonamides is 1. The van der Waals surface area contributed by atoms with E-state index in [0.717, 1.165) is 33.6 Å². The summed E-state index contributed by atoms with van der Waals surface area (Å²) in [5.74, 6) is 0. The van der Waals surface area contributed by atoms with Gasteiger partial charge in [-0.05, 0) is 49.9 Å². The van der Waals surface area contributed by atoms with Crippen molar-refractivity contribution in [1.82, 2.24) is 14.3 Å². The van der Waals surface area contributed by atoms with Gasteiger partial charge in [0.2, 0.25) is 10.0 Å². The Morgan fingerprint density at radius 2 is 1.77 bits per heavy atom. The molecule has 1 aromatic carbocycles. The SMILES string of the molecule is Cc1cc(C)c(C)c(S(=O)(=O)N2CCc3nc[nH]c3C2)c1C. The Hall–Kier alpha value is -1.66. The van der Waals surface area contributed by atoms with Gasteiger partial charge < -0.3 is 4.98 Å². The van der Waals surface area contributed by atoms with Crippen LogP contribution < -0.4 is 0 Å². The van der Waals surface area contributed by atoms with Crippen LogP contribution in [0.1, 0.15) is 33.6 Å². The third kappa shape index (κ3) is 2.27. The van der Waals surface area contributed by atoms with Gasteiger partial charge in [0.05, 0.1) is 29.2 Å². The van der Waals surface area contributed by atoms with E-state index in [2.05, 4.69) is 9.97 Å². The number of hydrogen-bond donors (Lipinski definition) is 1. The number of rotatable bonds is 2. The fourth-order valence-corrected chi connectivity index (χ4v) is 5.07. The van der Waals surface area contributed by atoms with E-state index in [-0.39, 0.29) is 0 Å². The van der Waals surface area contributed by atoms with Gasteiger partial charge in [0.15, 0.2) is 0 Å². The maximum absolute atomic E-state index is 13.2. The van der Waals surface area contributed by atoms with Crippen molar-refractivity contribution >= 4 is 10.0 Å². The fourth-order valence-electron chi connectivity index (χ4n) is 3.09. The monoisotopic (exact) mass is 319 g/mol. The standard InChI is InChI=1S/C16H21N3O2S/c1-10-7-11(2)13(4)16(12(10)3)22(20,21)19-6-5-14-15(8-19)18-9-17-14/h7,9H,5-6,8H2,1-4H3,(H,17,18). The van der Waals surface area contributed by atoms with Crippen molar-refractivity contribution in [1.29, 1.82) is 0 Å². The Balaban J connectivity index is 2.09. The number of aromatic amines is 1. The molecular formula is C16H21N3O2S. The number of hydrogen-bond acceptors (Lipinski definition) is 3. The lowest BCUT2D eigenvalue weighted by Crippen LogP contribution is -2.36. The molecule has 6 heteroatoms. The zero-order valence-electron chi connectivity index (χ0n) is 13.4. The van der Waals surface area contributed by atoms with Crippen molar-refractivity contribution in [2.24, 2.45) is 0 Å². The van der Waals surface area contributed by atoms with Gasteiger partial charge in [-0.2, -0.15) is 4.31 Å². The van der Waals surface area contributed by atoms with Gasteiger partial charge >= 0.3 is 0 Å². The molecule has 0 saturated carbocycles. The van der Waals surface area contributed by atoms with Crippen molar-refractivity contribution in [3.05, 3.63) is 46.0 Å². The van der Waals surface area contributed by atoms with Gasteiger partial charge in [0.25, 0.3) is 0 Å². The molecule has 0 unspecified atom stereocenters. The Morgan fingerprint density at radius 3 is 2.41 bits per heavy atom. The molecule has 0 atom stereocenters. The number of H-pyrrole nitrogens is 1. The molecule has 0 bridgehead atoms. The molecule has 0 spiro atoms. The van der Waals surface area contributed by atoms with Gasteiger partial charge in [-0.25, -0.2) is 13.4 Å². The van der Waals surface area contributed by atoms with Crippen LogP contribution in [0.25, 0.3) is 0 Å². The lowest BCUT2D eigenvalue weighted by Gasteiger charge is -2.27. The predicted molar refractivity (Wildman–Crippen MR) is 85.3 cm³/mol. The minimum Gasteiger partial charge on any atom is -0.347 e. The number of nitrogens with one attached hydrogen (secondary N) is 1. The number of aryl methyl sites for hydroxylation is 2. The first-order chi connectivity index (χ1) is 10.3. The maximum atomic E-state index is 13.2. The summed E-state index contributed by atoms with van der Waals surface area (Å²) >= 11 is 0. The lowest BCUT2D eigenvalue weighted by molar-refractivity contribution is 0.385. The second-order valence-electron chi connectivity index (χ2n) is 6.01. The third-order valence-electron chi connectivity index (χ3n) is 4.64. The highest BCUT2D eigenvalue weighted by molar-refractivity contribution is 7.89. The van der Waals surface area contributed by atoms with E-state index in [1.165, 1.54) is 0 Å². The van der Waals surface area contributed by atoms with E-state index in [9.17, 15) is 8.42 Å². The molecule has 0 radical (unpaired) electrons. The van der Waals surface area contributed by atoms with E-state index < -0.39 is 10.0 Å². The summed E-state index contributed by atoms with van der Waals surface area (Å²) in [5.41, 5.74) is 5.59. The van der Waals surface area contributed by atoms with Gasteiger partial charge in [-0.1, -0.05) is 6.07 Å². The highest BCUT2D eigenvalue weighted by Crippen LogP contribution is 2.30. The summed E-state index contributed by atoms with van der Waals surface area (Å²) in [6, 6.07) is 2.05. The number of benzene rings is 1. The molecular weight excluding hydrogens is 298 g/mol. The molecule has 5 nitrogen and oxygen atoms in total. The largest absolute Gasteiger partial charge is 0.347 e. The lowest BCUT2D eigenvalue weighted by atomic mass is 10.0. The number of imidazole rings is 1. The average molecular weight is 319 g/mol. The molecule has 1 N–H and O–H groups in total. The molecule has 0 aliphatic carbocycles. The quantitative estimate of drug-likeness (QED) is 0.924. The molecule has 0 amide bonds. The van der Waals surface area contributed by atoms with Crippen molar-refractivity contribution in [2.75, 3.05) is 6.54 Å². The predicted octanol–water partition coefficient (Wildman–Crippen LogP) is 2.39. The molecule has 0 saturated heterocycles. The summed E-state index contributed by atoms with van der Waals surface area (Å²) in [5, 5.41) is 0. The third-order valence-corrected chi connectivity index (χ3v) is 6.75. The zero-order valence-corrected chi connectivity index (χ0v) is 14.2. The van der Waals surface area contributed by atoms with E-state index >= 15 is 0 Å². The van der Waals surface area contributed by atoms with Crippen molar-refractivity contribution in [3.8, 4) is 0 Å². The zero-order chi connectivity index (χ0) is 16.1.